The number of anilines is 1. The van der Waals surface area contributed by atoms with Crippen LogP contribution in [-0.2, 0) is 4.79 Å². The smallest absolute Gasteiger partial charge is 0.229 e. The predicted octanol–water partition coefficient (Wildman–Crippen LogP) is 1.49. The summed E-state index contributed by atoms with van der Waals surface area (Å²) in [6.45, 7) is 3.49. The fourth-order valence-corrected chi connectivity index (χ4v) is 2.08. The Balaban J connectivity index is 2.10. The van der Waals surface area contributed by atoms with E-state index in [0.29, 0.717) is 12.2 Å². The van der Waals surface area contributed by atoms with E-state index < -0.39 is 5.82 Å². The van der Waals surface area contributed by atoms with E-state index in [2.05, 4.69) is 10.6 Å². The van der Waals surface area contributed by atoms with E-state index >= 15 is 0 Å². The lowest BCUT2D eigenvalue weighted by molar-refractivity contribution is -0.120. The summed E-state index contributed by atoms with van der Waals surface area (Å²) < 4.78 is 13.1. The maximum absolute atomic E-state index is 13.1. The molecule has 1 fully saturated rings. The summed E-state index contributed by atoms with van der Waals surface area (Å²) in [5, 5.41) is 14.6. The fourth-order valence-electron chi connectivity index (χ4n) is 2.08. The molecule has 1 aromatic rings. The summed E-state index contributed by atoms with van der Waals surface area (Å²) in [5.74, 6) is -0.476. The van der Waals surface area contributed by atoms with E-state index in [9.17, 15) is 9.18 Å². The molecule has 1 aromatic carbocycles. The predicted molar refractivity (Wildman–Crippen MR) is 65.3 cm³/mol. The van der Waals surface area contributed by atoms with Crippen LogP contribution in [0.25, 0.3) is 0 Å². The molecule has 0 radical (unpaired) electrons. The summed E-state index contributed by atoms with van der Waals surface area (Å²) in [4.78, 5) is 12.0. The standard InChI is InChI=1S/C13H14FN3O/c1-8-6-16-7-11(8)13(18)17-10-2-3-12(14)9(4-10)5-15/h2-4,8,11,16H,6-7H2,1H3,(H,17,18). The molecular weight excluding hydrogens is 233 g/mol. The quantitative estimate of drug-likeness (QED) is 0.832. The van der Waals surface area contributed by atoms with Crippen molar-refractivity contribution in [2.75, 3.05) is 18.4 Å². The zero-order chi connectivity index (χ0) is 13.1. The molecule has 2 rings (SSSR count). The first-order chi connectivity index (χ1) is 8.61. The minimum absolute atomic E-state index is 0.0644. The second-order valence-electron chi connectivity index (χ2n) is 4.54. The third-order valence-electron chi connectivity index (χ3n) is 3.21. The van der Waals surface area contributed by atoms with Gasteiger partial charge in [-0.15, -0.1) is 0 Å². The lowest BCUT2D eigenvalue weighted by Crippen LogP contribution is -2.27. The van der Waals surface area contributed by atoms with E-state index in [1.165, 1.54) is 18.2 Å². The van der Waals surface area contributed by atoms with Crippen LogP contribution in [0.1, 0.15) is 12.5 Å². The number of benzene rings is 1. The van der Waals surface area contributed by atoms with Crippen LogP contribution in [0, 0.1) is 29.0 Å². The average molecular weight is 247 g/mol. The summed E-state index contributed by atoms with van der Waals surface area (Å²) in [7, 11) is 0. The maximum atomic E-state index is 13.1. The highest BCUT2D eigenvalue weighted by molar-refractivity contribution is 5.93. The molecular formula is C13H14FN3O. The van der Waals surface area contributed by atoms with Gasteiger partial charge in [-0.2, -0.15) is 5.26 Å². The SMILES string of the molecule is CC1CNCC1C(=O)Nc1ccc(F)c(C#N)c1. The van der Waals surface area contributed by atoms with Gasteiger partial charge in [0.2, 0.25) is 5.91 Å². The van der Waals surface area contributed by atoms with Crippen molar-refractivity contribution in [3.05, 3.63) is 29.6 Å². The van der Waals surface area contributed by atoms with Crippen LogP contribution in [0.15, 0.2) is 18.2 Å². The van der Waals surface area contributed by atoms with Crippen molar-refractivity contribution in [2.24, 2.45) is 11.8 Å². The van der Waals surface area contributed by atoms with Crippen LogP contribution in [-0.4, -0.2) is 19.0 Å². The van der Waals surface area contributed by atoms with E-state index in [0.717, 1.165) is 6.54 Å². The second-order valence-corrected chi connectivity index (χ2v) is 4.54. The highest BCUT2D eigenvalue weighted by Gasteiger charge is 2.29. The minimum atomic E-state index is -0.577. The highest BCUT2D eigenvalue weighted by atomic mass is 19.1. The van der Waals surface area contributed by atoms with Gasteiger partial charge in [0.25, 0.3) is 0 Å². The molecule has 18 heavy (non-hydrogen) atoms. The van der Waals surface area contributed by atoms with Crippen LogP contribution in [0.3, 0.4) is 0 Å². The van der Waals surface area contributed by atoms with Gasteiger partial charge in [-0.05, 0) is 30.7 Å². The van der Waals surface area contributed by atoms with Crippen molar-refractivity contribution in [3.63, 3.8) is 0 Å². The molecule has 0 bridgehead atoms. The lowest BCUT2D eigenvalue weighted by atomic mass is 9.97. The average Bonchev–Trinajstić information content (AvgIpc) is 2.78. The largest absolute Gasteiger partial charge is 0.326 e. The monoisotopic (exact) mass is 247 g/mol. The molecule has 94 valence electrons. The van der Waals surface area contributed by atoms with Crippen molar-refractivity contribution < 1.29 is 9.18 Å². The number of nitriles is 1. The number of rotatable bonds is 2. The van der Waals surface area contributed by atoms with Gasteiger partial charge in [0.05, 0.1) is 11.5 Å². The fraction of sp³-hybridized carbons (Fsp3) is 0.385. The van der Waals surface area contributed by atoms with Gasteiger partial charge < -0.3 is 10.6 Å². The van der Waals surface area contributed by atoms with Crippen molar-refractivity contribution >= 4 is 11.6 Å². The third-order valence-corrected chi connectivity index (χ3v) is 3.21. The van der Waals surface area contributed by atoms with Crippen LogP contribution in [0.4, 0.5) is 10.1 Å². The molecule has 2 unspecified atom stereocenters. The van der Waals surface area contributed by atoms with E-state index in [-0.39, 0.29) is 23.3 Å². The summed E-state index contributed by atoms with van der Waals surface area (Å²) >= 11 is 0. The molecule has 1 heterocycles. The van der Waals surface area contributed by atoms with Gasteiger partial charge in [0.1, 0.15) is 11.9 Å². The zero-order valence-corrected chi connectivity index (χ0v) is 10.0. The summed E-state index contributed by atoms with van der Waals surface area (Å²) in [5.41, 5.74) is 0.391. The minimum Gasteiger partial charge on any atom is -0.326 e. The van der Waals surface area contributed by atoms with Crippen LogP contribution in [0.2, 0.25) is 0 Å². The molecule has 1 aliphatic heterocycles. The van der Waals surface area contributed by atoms with E-state index in [4.69, 9.17) is 5.26 Å². The van der Waals surface area contributed by atoms with Crippen molar-refractivity contribution in [3.8, 4) is 6.07 Å². The topological polar surface area (TPSA) is 64.9 Å². The van der Waals surface area contributed by atoms with Crippen molar-refractivity contribution in [1.29, 1.82) is 5.26 Å². The second kappa shape index (κ2) is 5.15. The van der Waals surface area contributed by atoms with Crippen LogP contribution < -0.4 is 10.6 Å². The third kappa shape index (κ3) is 2.49. The molecule has 4 nitrogen and oxygen atoms in total. The lowest BCUT2D eigenvalue weighted by Gasteiger charge is -2.14. The Morgan fingerprint density at radius 3 is 2.94 bits per heavy atom. The Kier molecular flexibility index (Phi) is 3.58. The number of nitrogens with zero attached hydrogens (tertiary/aromatic N) is 1. The Labute approximate surface area is 105 Å². The molecule has 1 saturated heterocycles. The first-order valence-electron chi connectivity index (χ1n) is 5.83. The Morgan fingerprint density at radius 2 is 2.33 bits per heavy atom. The molecule has 0 aliphatic carbocycles. The Morgan fingerprint density at radius 1 is 1.56 bits per heavy atom. The molecule has 0 aromatic heterocycles. The van der Waals surface area contributed by atoms with Crippen LogP contribution in [0.5, 0.6) is 0 Å². The van der Waals surface area contributed by atoms with E-state index in [1.54, 1.807) is 6.07 Å². The van der Waals surface area contributed by atoms with Gasteiger partial charge in [0.15, 0.2) is 0 Å². The number of halogens is 1. The Bertz CT molecular complexity index is 509. The zero-order valence-electron chi connectivity index (χ0n) is 10.0. The number of amides is 1. The summed E-state index contributed by atoms with van der Waals surface area (Å²) in [6.07, 6.45) is 0. The van der Waals surface area contributed by atoms with E-state index in [1.807, 2.05) is 6.92 Å². The number of hydrogen-bond donors (Lipinski definition) is 2. The first kappa shape index (κ1) is 12.5. The van der Waals surface area contributed by atoms with Crippen molar-refractivity contribution in [2.45, 2.75) is 6.92 Å². The number of carbonyl (C=O) groups excluding carboxylic acids is 1. The molecule has 1 aliphatic rings. The van der Waals surface area contributed by atoms with Crippen LogP contribution >= 0.6 is 0 Å². The molecule has 5 heteroatoms. The summed E-state index contributed by atoms with van der Waals surface area (Å²) in [6, 6.07) is 5.74. The number of carbonyl (C=O) groups is 1. The molecule has 0 saturated carbocycles. The van der Waals surface area contributed by atoms with Gasteiger partial charge >= 0.3 is 0 Å². The molecule has 2 N–H and O–H groups in total. The highest BCUT2D eigenvalue weighted by Crippen LogP contribution is 2.19. The van der Waals surface area contributed by atoms with Gasteiger partial charge in [0, 0.05) is 12.2 Å². The molecule has 1 amide bonds. The Hall–Kier alpha value is -1.93. The van der Waals surface area contributed by atoms with Gasteiger partial charge in [-0.1, -0.05) is 6.92 Å². The number of nitrogens with one attached hydrogen (secondary N) is 2. The number of hydrogen-bond acceptors (Lipinski definition) is 3. The van der Waals surface area contributed by atoms with Gasteiger partial charge in [-0.25, -0.2) is 4.39 Å². The maximum Gasteiger partial charge on any atom is 0.229 e. The normalized spacial score (nSPS) is 22.5. The molecule has 0 spiro atoms. The van der Waals surface area contributed by atoms with Crippen molar-refractivity contribution in [1.82, 2.24) is 5.32 Å². The first-order valence-corrected chi connectivity index (χ1v) is 5.83. The van der Waals surface area contributed by atoms with Gasteiger partial charge in [-0.3, -0.25) is 4.79 Å². The molecule has 2 atom stereocenters.